The van der Waals surface area contributed by atoms with E-state index in [4.69, 9.17) is 4.74 Å². The van der Waals surface area contributed by atoms with E-state index in [0.29, 0.717) is 25.1 Å². The van der Waals surface area contributed by atoms with Crippen molar-refractivity contribution in [3.05, 3.63) is 34.9 Å². The van der Waals surface area contributed by atoms with Crippen LogP contribution in [0.1, 0.15) is 48.3 Å². The zero-order valence-corrected chi connectivity index (χ0v) is 14.7. The number of carbonyl (C=O) groups excluding carboxylic acids is 3. The fraction of sp³-hybridized carbons (Fsp3) is 0.500. The van der Waals surface area contributed by atoms with E-state index in [1.54, 1.807) is 31.7 Å². The van der Waals surface area contributed by atoms with Crippen LogP contribution < -0.4 is 10.6 Å². The lowest BCUT2D eigenvalue weighted by Crippen LogP contribution is -2.51. The topological polar surface area (TPSA) is 87.7 Å². The number of hydrogen-bond acceptors (Lipinski definition) is 4. The number of carbonyl (C=O) groups is 3. The van der Waals surface area contributed by atoms with E-state index < -0.39 is 11.7 Å². The molecule has 1 aromatic carbocycles. The maximum atomic E-state index is 12.6. The molecule has 2 heterocycles. The summed E-state index contributed by atoms with van der Waals surface area (Å²) < 4.78 is 5.15. The van der Waals surface area contributed by atoms with Crippen LogP contribution in [0.4, 0.5) is 4.79 Å². The highest BCUT2D eigenvalue weighted by molar-refractivity contribution is 5.98. The van der Waals surface area contributed by atoms with Gasteiger partial charge in [-0.25, -0.2) is 4.79 Å². The molecule has 1 atom stereocenters. The summed E-state index contributed by atoms with van der Waals surface area (Å²) in [5.74, 6) is -0.290. The molecule has 134 valence electrons. The van der Waals surface area contributed by atoms with Crippen molar-refractivity contribution in [1.82, 2.24) is 15.5 Å². The number of hydrogen-bond donors (Lipinski definition) is 2. The van der Waals surface area contributed by atoms with Gasteiger partial charge in [-0.15, -0.1) is 0 Å². The quantitative estimate of drug-likeness (QED) is 0.848. The summed E-state index contributed by atoms with van der Waals surface area (Å²) in [6, 6.07) is 5.47. The molecule has 1 unspecified atom stereocenters. The first-order chi connectivity index (χ1) is 11.8. The lowest BCUT2D eigenvalue weighted by Gasteiger charge is -2.40. The lowest BCUT2D eigenvalue weighted by molar-refractivity contribution is -0.133. The van der Waals surface area contributed by atoms with E-state index in [-0.39, 0.29) is 24.4 Å². The highest BCUT2D eigenvalue weighted by Crippen LogP contribution is 2.34. The predicted octanol–water partition coefficient (Wildman–Crippen LogP) is 1.38. The van der Waals surface area contributed by atoms with E-state index in [1.807, 2.05) is 12.1 Å². The van der Waals surface area contributed by atoms with Crippen molar-refractivity contribution in [3.8, 4) is 0 Å². The minimum Gasteiger partial charge on any atom is -0.444 e. The Balaban J connectivity index is 1.71. The standard InChI is InChI=1S/C18H23N3O4/c1-18(2,3)25-17(24)20-10-14(22)21-8-7-11-5-4-6-12-15(11)13(21)9-19-16(12)23/h4-6,13H,7-10H2,1-3H3,(H,19,23)(H,20,24). The third-order valence-electron chi connectivity index (χ3n) is 4.33. The second-order valence-electron chi connectivity index (χ2n) is 7.30. The first kappa shape index (κ1) is 17.3. The minimum absolute atomic E-state index is 0.103. The second-order valence-corrected chi connectivity index (χ2v) is 7.30. The monoisotopic (exact) mass is 345 g/mol. The van der Waals surface area contributed by atoms with Gasteiger partial charge < -0.3 is 20.3 Å². The SMILES string of the molecule is CC(C)(C)OC(=O)NCC(=O)N1CCc2cccc3c2C1CNC3=O. The number of ether oxygens (including phenoxy) is 1. The van der Waals surface area contributed by atoms with Crippen LogP contribution in [0.25, 0.3) is 0 Å². The molecule has 0 saturated heterocycles. The van der Waals surface area contributed by atoms with Crippen LogP contribution in [0.3, 0.4) is 0 Å². The van der Waals surface area contributed by atoms with Gasteiger partial charge in [-0.3, -0.25) is 9.59 Å². The molecule has 25 heavy (non-hydrogen) atoms. The summed E-state index contributed by atoms with van der Waals surface area (Å²) in [7, 11) is 0. The van der Waals surface area contributed by atoms with Gasteiger partial charge in [-0.2, -0.15) is 0 Å². The molecule has 0 aliphatic carbocycles. The molecule has 0 spiro atoms. The molecule has 2 N–H and O–H groups in total. The average Bonchev–Trinajstić information content (AvgIpc) is 2.54. The van der Waals surface area contributed by atoms with Gasteiger partial charge in [0.15, 0.2) is 0 Å². The Morgan fingerprint density at radius 2 is 2.12 bits per heavy atom. The molecule has 0 aromatic heterocycles. The Labute approximate surface area is 146 Å². The Morgan fingerprint density at radius 1 is 1.36 bits per heavy atom. The number of amides is 3. The zero-order chi connectivity index (χ0) is 18.2. The van der Waals surface area contributed by atoms with Crippen LogP contribution >= 0.6 is 0 Å². The largest absolute Gasteiger partial charge is 0.444 e. The minimum atomic E-state index is -0.615. The molecular weight excluding hydrogens is 322 g/mol. The summed E-state index contributed by atoms with van der Waals surface area (Å²) in [4.78, 5) is 38.1. The first-order valence-electron chi connectivity index (χ1n) is 8.42. The molecule has 0 fully saturated rings. The molecule has 2 aliphatic rings. The Hall–Kier alpha value is -2.57. The predicted molar refractivity (Wildman–Crippen MR) is 91.2 cm³/mol. The molecule has 0 bridgehead atoms. The number of nitrogens with one attached hydrogen (secondary N) is 2. The van der Waals surface area contributed by atoms with Gasteiger partial charge in [-0.1, -0.05) is 12.1 Å². The maximum absolute atomic E-state index is 12.6. The molecule has 3 rings (SSSR count). The Bertz CT molecular complexity index is 724. The summed E-state index contributed by atoms with van der Waals surface area (Å²) in [5.41, 5.74) is 2.07. The summed E-state index contributed by atoms with van der Waals surface area (Å²) in [6.45, 7) is 6.12. The molecule has 7 nitrogen and oxygen atoms in total. The van der Waals surface area contributed by atoms with Crippen LogP contribution in [-0.4, -0.2) is 48.0 Å². The highest BCUT2D eigenvalue weighted by atomic mass is 16.6. The molecule has 2 aliphatic heterocycles. The van der Waals surface area contributed by atoms with Crippen LogP contribution in [0.15, 0.2) is 18.2 Å². The van der Waals surface area contributed by atoms with E-state index in [9.17, 15) is 14.4 Å². The zero-order valence-electron chi connectivity index (χ0n) is 14.7. The molecule has 7 heteroatoms. The molecule has 1 aromatic rings. The van der Waals surface area contributed by atoms with Crippen molar-refractivity contribution in [1.29, 1.82) is 0 Å². The Kier molecular flexibility index (Phi) is 4.41. The van der Waals surface area contributed by atoms with Crippen LogP contribution in [0, 0.1) is 0 Å². The smallest absolute Gasteiger partial charge is 0.408 e. The average molecular weight is 345 g/mol. The van der Waals surface area contributed by atoms with Crippen LogP contribution in [0.2, 0.25) is 0 Å². The normalized spacial score (nSPS) is 18.9. The van der Waals surface area contributed by atoms with Crippen molar-refractivity contribution in [2.75, 3.05) is 19.6 Å². The van der Waals surface area contributed by atoms with Gasteiger partial charge in [0.1, 0.15) is 12.1 Å². The summed E-state index contributed by atoms with van der Waals surface area (Å²) in [6.07, 6.45) is 0.0846. The molecular formula is C18H23N3O4. The van der Waals surface area contributed by atoms with Gasteiger partial charge in [0.05, 0.1) is 6.04 Å². The highest BCUT2D eigenvalue weighted by Gasteiger charge is 2.36. The van der Waals surface area contributed by atoms with Gasteiger partial charge in [0.2, 0.25) is 5.91 Å². The van der Waals surface area contributed by atoms with E-state index in [1.165, 1.54) is 0 Å². The maximum Gasteiger partial charge on any atom is 0.408 e. The van der Waals surface area contributed by atoms with E-state index in [2.05, 4.69) is 10.6 Å². The van der Waals surface area contributed by atoms with Crippen molar-refractivity contribution in [2.24, 2.45) is 0 Å². The van der Waals surface area contributed by atoms with Crippen LogP contribution in [-0.2, 0) is 16.0 Å². The fourth-order valence-corrected chi connectivity index (χ4v) is 3.33. The summed E-state index contributed by atoms with van der Waals surface area (Å²) >= 11 is 0. The molecule has 0 saturated carbocycles. The van der Waals surface area contributed by atoms with Crippen molar-refractivity contribution in [3.63, 3.8) is 0 Å². The van der Waals surface area contributed by atoms with E-state index >= 15 is 0 Å². The van der Waals surface area contributed by atoms with Crippen molar-refractivity contribution in [2.45, 2.75) is 38.8 Å². The van der Waals surface area contributed by atoms with Crippen LogP contribution in [0.5, 0.6) is 0 Å². The van der Waals surface area contributed by atoms with Crippen molar-refractivity contribution >= 4 is 17.9 Å². The number of nitrogens with zero attached hydrogens (tertiary/aromatic N) is 1. The summed E-state index contributed by atoms with van der Waals surface area (Å²) in [5, 5.41) is 5.34. The third-order valence-corrected chi connectivity index (χ3v) is 4.33. The van der Waals surface area contributed by atoms with Crippen molar-refractivity contribution < 1.29 is 19.1 Å². The lowest BCUT2D eigenvalue weighted by atomic mass is 9.86. The van der Waals surface area contributed by atoms with Gasteiger partial charge in [-0.05, 0) is 44.4 Å². The fourth-order valence-electron chi connectivity index (χ4n) is 3.33. The molecule has 3 amide bonds. The van der Waals surface area contributed by atoms with Gasteiger partial charge in [0.25, 0.3) is 5.91 Å². The number of alkyl carbamates (subject to hydrolysis) is 1. The third kappa shape index (κ3) is 3.60. The number of benzene rings is 1. The first-order valence-corrected chi connectivity index (χ1v) is 8.42. The number of rotatable bonds is 2. The van der Waals surface area contributed by atoms with Gasteiger partial charge >= 0.3 is 6.09 Å². The second kappa shape index (κ2) is 6.38. The van der Waals surface area contributed by atoms with E-state index in [0.717, 1.165) is 11.1 Å². The van der Waals surface area contributed by atoms with Gasteiger partial charge in [0, 0.05) is 18.7 Å². The Morgan fingerprint density at radius 3 is 2.84 bits per heavy atom. The molecule has 0 radical (unpaired) electrons.